The van der Waals surface area contributed by atoms with Crippen molar-refractivity contribution in [3.8, 4) is 11.5 Å². The molecule has 4 aliphatic rings. The molecule has 1 aromatic carbocycles. The minimum absolute atomic E-state index is 0.0333. The Morgan fingerprint density at radius 2 is 1.56 bits per heavy atom. The van der Waals surface area contributed by atoms with Gasteiger partial charge in [0.1, 0.15) is 0 Å². The number of rotatable bonds is 6. The molecule has 1 N–H and O–H groups in total. The van der Waals surface area contributed by atoms with Crippen LogP contribution in [0.3, 0.4) is 0 Å². The van der Waals surface area contributed by atoms with Crippen molar-refractivity contribution >= 4 is 5.91 Å². The highest BCUT2D eigenvalue weighted by Crippen LogP contribution is 2.55. The van der Waals surface area contributed by atoms with Gasteiger partial charge in [-0.1, -0.05) is 0 Å². The molecule has 4 saturated carbocycles. The van der Waals surface area contributed by atoms with Crippen LogP contribution in [0.15, 0.2) is 18.2 Å². The van der Waals surface area contributed by atoms with Crippen molar-refractivity contribution in [2.24, 2.45) is 17.8 Å². The number of carbonyl (C=O) groups is 1. The minimum Gasteiger partial charge on any atom is -0.490 e. The van der Waals surface area contributed by atoms with Crippen molar-refractivity contribution in [3.63, 3.8) is 0 Å². The SMILES string of the molecule is CCOc1ccc(C(=O)NC23CC4CC(CC(C4)C2)C3)cc1OCC. The molecule has 0 heterocycles. The molecule has 0 saturated heterocycles. The van der Waals surface area contributed by atoms with E-state index in [0.717, 1.165) is 17.8 Å². The predicted octanol–water partition coefficient (Wildman–Crippen LogP) is 4.18. The Kier molecular flexibility index (Phi) is 4.38. The summed E-state index contributed by atoms with van der Waals surface area (Å²) < 4.78 is 11.3. The number of amides is 1. The van der Waals surface area contributed by atoms with Gasteiger partial charge in [-0.15, -0.1) is 0 Å². The van der Waals surface area contributed by atoms with E-state index in [4.69, 9.17) is 9.47 Å². The first-order valence-electron chi connectivity index (χ1n) is 9.83. The maximum absolute atomic E-state index is 12.9. The Bertz CT molecular complexity index is 619. The van der Waals surface area contributed by atoms with Crippen LogP contribution < -0.4 is 14.8 Å². The second-order valence-electron chi connectivity index (χ2n) is 8.18. The molecule has 0 aliphatic heterocycles. The molecule has 0 radical (unpaired) electrons. The lowest BCUT2D eigenvalue weighted by molar-refractivity contribution is -0.0167. The third kappa shape index (κ3) is 3.23. The number of hydrogen-bond acceptors (Lipinski definition) is 3. The van der Waals surface area contributed by atoms with Gasteiger partial charge in [0.15, 0.2) is 11.5 Å². The van der Waals surface area contributed by atoms with Crippen LogP contribution in [0.1, 0.15) is 62.7 Å². The molecule has 4 heteroatoms. The van der Waals surface area contributed by atoms with Gasteiger partial charge in [-0.05, 0) is 88.3 Å². The quantitative estimate of drug-likeness (QED) is 0.843. The number of benzene rings is 1. The van der Waals surface area contributed by atoms with Crippen molar-refractivity contribution < 1.29 is 14.3 Å². The lowest BCUT2D eigenvalue weighted by Gasteiger charge is -2.56. The number of carbonyl (C=O) groups excluding carboxylic acids is 1. The van der Waals surface area contributed by atoms with E-state index in [1.54, 1.807) is 0 Å². The Morgan fingerprint density at radius 3 is 2.12 bits per heavy atom. The first-order valence-corrected chi connectivity index (χ1v) is 9.83. The van der Waals surface area contributed by atoms with Crippen LogP contribution in [0, 0.1) is 17.8 Å². The fourth-order valence-corrected chi connectivity index (χ4v) is 5.77. The Balaban J connectivity index is 1.52. The predicted molar refractivity (Wildman–Crippen MR) is 97.1 cm³/mol. The molecule has 0 unspecified atom stereocenters. The topological polar surface area (TPSA) is 47.6 Å². The number of nitrogens with one attached hydrogen (secondary N) is 1. The Hall–Kier alpha value is -1.71. The van der Waals surface area contributed by atoms with Crippen molar-refractivity contribution in [2.45, 2.75) is 57.9 Å². The van der Waals surface area contributed by atoms with Gasteiger partial charge in [-0.3, -0.25) is 4.79 Å². The molecule has 4 aliphatic carbocycles. The van der Waals surface area contributed by atoms with Crippen molar-refractivity contribution in [2.75, 3.05) is 13.2 Å². The molecule has 4 nitrogen and oxygen atoms in total. The van der Waals surface area contributed by atoms with Gasteiger partial charge in [0.25, 0.3) is 5.91 Å². The van der Waals surface area contributed by atoms with Gasteiger partial charge in [0.05, 0.1) is 13.2 Å². The van der Waals surface area contributed by atoms with Crippen LogP contribution in [-0.2, 0) is 0 Å². The minimum atomic E-state index is 0.0333. The summed E-state index contributed by atoms with van der Waals surface area (Å²) in [5.41, 5.74) is 0.707. The maximum atomic E-state index is 12.9. The van der Waals surface area contributed by atoms with E-state index >= 15 is 0 Å². The first-order chi connectivity index (χ1) is 12.1. The zero-order chi connectivity index (χ0) is 17.4. The highest BCUT2D eigenvalue weighted by atomic mass is 16.5. The second kappa shape index (κ2) is 6.54. The summed E-state index contributed by atoms with van der Waals surface area (Å²) in [5, 5.41) is 3.43. The van der Waals surface area contributed by atoms with E-state index in [1.807, 2.05) is 32.0 Å². The summed E-state index contributed by atoms with van der Waals surface area (Å²) in [4.78, 5) is 12.9. The van der Waals surface area contributed by atoms with Crippen LogP contribution in [0.4, 0.5) is 0 Å². The van der Waals surface area contributed by atoms with Crippen LogP contribution in [0.5, 0.6) is 11.5 Å². The molecule has 4 bridgehead atoms. The van der Waals surface area contributed by atoms with Crippen LogP contribution >= 0.6 is 0 Å². The molecular formula is C21H29NO3. The highest BCUT2D eigenvalue weighted by molar-refractivity contribution is 5.95. The van der Waals surface area contributed by atoms with Gasteiger partial charge < -0.3 is 14.8 Å². The molecule has 136 valence electrons. The smallest absolute Gasteiger partial charge is 0.251 e. The van der Waals surface area contributed by atoms with E-state index in [9.17, 15) is 4.79 Å². The normalized spacial score (nSPS) is 32.5. The Labute approximate surface area is 150 Å². The molecule has 5 rings (SSSR count). The molecular weight excluding hydrogens is 314 g/mol. The van der Waals surface area contributed by atoms with Crippen molar-refractivity contribution in [1.82, 2.24) is 5.32 Å². The highest BCUT2D eigenvalue weighted by Gasteiger charge is 2.51. The zero-order valence-corrected chi connectivity index (χ0v) is 15.3. The molecule has 1 aromatic rings. The zero-order valence-electron chi connectivity index (χ0n) is 15.3. The lowest BCUT2D eigenvalue weighted by Crippen LogP contribution is -2.59. The fourth-order valence-electron chi connectivity index (χ4n) is 5.77. The number of hydrogen-bond donors (Lipinski definition) is 1. The van der Waals surface area contributed by atoms with Gasteiger partial charge >= 0.3 is 0 Å². The summed E-state index contributed by atoms with van der Waals surface area (Å²) in [7, 11) is 0. The largest absolute Gasteiger partial charge is 0.490 e. The van der Waals surface area contributed by atoms with Crippen LogP contribution in [0.2, 0.25) is 0 Å². The molecule has 0 spiro atoms. The summed E-state index contributed by atoms with van der Waals surface area (Å²) in [5.74, 6) is 3.87. The summed E-state index contributed by atoms with van der Waals surface area (Å²) in [6.07, 6.45) is 7.65. The monoisotopic (exact) mass is 343 g/mol. The molecule has 4 fully saturated rings. The third-order valence-electron chi connectivity index (χ3n) is 6.22. The van der Waals surface area contributed by atoms with Gasteiger partial charge in [-0.25, -0.2) is 0 Å². The van der Waals surface area contributed by atoms with E-state index in [1.165, 1.54) is 38.5 Å². The number of ether oxygens (including phenoxy) is 2. The average molecular weight is 343 g/mol. The van der Waals surface area contributed by atoms with E-state index < -0.39 is 0 Å². The van der Waals surface area contributed by atoms with Gasteiger partial charge in [0, 0.05) is 11.1 Å². The van der Waals surface area contributed by atoms with Crippen molar-refractivity contribution in [3.05, 3.63) is 23.8 Å². The maximum Gasteiger partial charge on any atom is 0.251 e. The Morgan fingerprint density at radius 1 is 1.00 bits per heavy atom. The van der Waals surface area contributed by atoms with Crippen molar-refractivity contribution in [1.29, 1.82) is 0 Å². The first kappa shape index (κ1) is 16.7. The lowest BCUT2D eigenvalue weighted by atomic mass is 9.53. The summed E-state index contributed by atoms with van der Waals surface area (Å²) >= 11 is 0. The van der Waals surface area contributed by atoms with E-state index in [-0.39, 0.29) is 11.4 Å². The van der Waals surface area contributed by atoms with Gasteiger partial charge in [-0.2, -0.15) is 0 Å². The molecule has 0 aromatic heterocycles. The standard InChI is InChI=1S/C21H29NO3/c1-3-24-18-6-5-17(10-19(18)25-4-2)20(23)22-21-11-14-7-15(12-21)9-16(8-14)13-21/h5-6,10,14-16H,3-4,7-9,11-13H2,1-2H3,(H,22,23). The average Bonchev–Trinajstić information content (AvgIpc) is 2.55. The summed E-state index contributed by atoms with van der Waals surface area (Å²) in [6.45, 7) is 5.03. The third-order valence-corrected chi connectivity index (χ3v) is 6.22. The van der Waals surface area contributed by atoms with Gasteiger partial charge in [0.2, 0.25) is 0 Å². The second-order valence-corrected chi connectivity index (χ2v) is 8.18. The molecule has 1 amide bonds. The summed E-state index contributed by atoms with van der Waals surface area (Å²) in [6, 6.07) is 5.52. The van der Waals surface area contributed by atoms with E-state index in [2.05, 4.69) is 5.32 Å². The van der Waals surface area contributed by atoms with Crippen LogP contribution in [0.25, 0.3) is 0 Å². The molecule has 0 atom stereocenters. The molecule has 25 heavy (non-hydrogen) atoms. The fraction of sp³-hybridized carbons (Fsp3) is 0.667. The van der Waals surface area contributed by atoms with E-state index in [0.29, 0.717) is 30.3 Å². The van der Waals surface area contributed by atoms with Crippen LogP contribution in [-0.4, -0.2) is 24.7 Å².